The van der Waals surface area contributed by atoms with Gasteiger partial charge in [0.2, 0.25) is 0 Å². The van der Waals surface area contributed by atoms with E-state index in [4.69, 9.17) is 0 Å². The topological polar surface area (TPSA) is 101 Å². The summed E-state index contributed by atoms with van der Waals surface area (Å²) in [7, 11) is 1.81. The summed E-state index contributed by atoms with van der Waals surface area (Å²) < 4.78 is 1.67. The van der Waals surface area contributed by atoms with Gasteiger partial charge in [0, 0.05) is 7.05 Å². The molecule has 1 unspecified atom stereocenters. The summed E-state index contributed by atoms with van der Waals surface area (Å²) in [5, 5.41) is 17.2. The molecule has 2 rings (SSSR count). The lowest BCUT2D eigenvalue weighted by atomic mass is 10.0. The Hall–Kier alpha value is -2.25. The third-order valence-corrected chi connectivity index (χ3v) is 3.01. The fourth-order valence-electron chi connectivity index (χ4n) is 2.05. The Kier molecular flexibility index (Phi) is 4.11. The van der Waals surface area contributed by atoms with E-state index in [9.17, 15) is 4.79 Å². The molecule has 0 aliphatic rings. The van der Waals surface area contributed by atoms with Crippen LogP contribution in [0.2, 0.25) is 0 Å². The largest absolute Gasteiger partial charge is 0.341 e. The van der Waals surface area contributed by atoms with Gasteiger partial charge in [-0.25, -0.2) is 4.98 Å². The van der Waals surface area contributed by atoms with Crippen LogP contribution >= 0.6 is 0 Å². The molecule has 0 saturated heterocycles. The Morgan fingerprint density at radius 3 is 2.70 bits per heavy atom. The molecule has 2 aromatic rings. The summed E-state index contributed by atoms with van der Waals surface area (Å²) in [5.74, 6) is 0.883. The first-order chi connectivity index (χ1) is 9.49. The van der Waals surface area contributed by atoms with Gasteiger partial charge in [-0.3, -0.25) is 9.48 Å². The van der Waals surface area contributed by atoms with Gasteiger partial charge in [0.25, 0.3) is 5.91 Å². The number of nitrogens with zero attached hydrogens (tertiary/aromatic N) is 5. The molecule has 0 radical (unpaired) electrons. The van der Waals surface area contributed by atoms with Crippen LogP contribution in [-0.4, -0.2) is 36.1 Å². The van der Waals surface area contributed by atoms with Crippen LogP contribution in [0.1, 0.15) is 48.3 Å². The third kappa shape index (κ3) is 3.01. The minimum Gasteiger partial charge on any atom is -0.341 e. The maximum Gasteiger partial charge on any atom is 0.274 e. The Balaban J connectivity index is 2.19. The number of rotatable bonds is 5. The van der Waals surface area contributed by atoms with Crippen LogP contribution < -0.4 is 5.32 Å². The van der Waals surface area contributed by atoms with E-state index in [0.29, 0.717) is 17.3 Å². The first-order valence-electron chi connectivity index (χ1n) is 6.51. The van der Waals surface area contributed by atoms with Gasteiger partial charge in [-0.15, -0.1) is 0 Å². The average Bonchev–Trinajstić information content (AvgIpc) is 2.96. The number of aromatic nitrogens is 6. The minimum atomic E-state index is -0.259. The Morgan fingerprint density at radius 1 is 1.45 bits per heavy atom. The second kappa shape index (κ2) is 5.81. The lowest BCUT2D eigenvalue weighted by Crippen LogP contribution is -2.32. The van der Waals surface area contributed by atoms with Crippen LogP contribution in [-0.2, 0) is 7.05 Å². The van der Waals surface area contributed by atoms with E-state index in [1.807, 2.05) is 7.05 Å². The average molecular weight is 277 g/mol. The quantitative estimate of drug-likeness (QED) is 0.840. The number of hydrogen-bond donors (Lipinski definition) is 2. The predicted octanol–water partition coefficient (Wildman–Crippen LogP) is 0.759. The van der Waals surface area contributed by atoms with Gasteiger partial charge in [-0.1, -0.05) is 13.8 Å². The van der Waals surface area contributed by atoms with Crippen molar-refractivity contribution in [2.75, 3.05) is 0 Å². The van der Waals surface area contributed by atoms with Crippen molar-refractivity contribution in [3.05, 3.63) is 23.5 Å². The summed E-state index contributed by atoms with van der Waals surface area (Å²) in [6.07, 6.45) is 2.26. The highest BCUT2D eigenvalue weighted by Gasteiger charge is 2.23. The SMILES string of the molecule is Cc1n[nH]nc1C(=O)NC(CC(C)C)c1ncnn1C. The van der Waals surface area contributed by atoms with Crippen molar-refractivity contribution < 1.29 is 4.79 Å². The number of H-pyrrole nitrogens is 1. The molecule has 0 aromatic carbocycles. The van der Waals surface area contributed by atoms with Gasteiger partial charge < -0.3 is 5.32 Å². The van der Waals surface area contributed by atoms with Crippen molar-refractivity contribution >= 4 is 5.91 Å². The standard InChI is InChI=1S/C12H19N7O/c1-7(2)5-9(11-13-6-14-19(11)4)15-12(20)10-8(3)16-18-17-10/h6-7,9H,5H2,1-4H3,(H,15,20)(H,16,17,18). The first-order valence-corrected chi connectivity index (χ1v) is 6.51. The number of carbonyl (C=O) groups is 1. The van der Waals surface area contributed by atoms with Crippen molar-refractivity contribution in [1.29, 1.82) is 0 Å². The van der Waals surface area contributed by atoms with Gasteiger partial charge in [-0.05, 0) is 19.3 Å². The van der Waals surface area contributed by atoms with Crippen LogP contribution in [0.15, 0.2) is 6.33 Å². The number of carbonyl (C=O) groups excluding carboxylic acids is 1. The monoisotopic (exact) mass is 277 g/mol. The van der Waals surface area contributed by atoms with Gasteiger partial charge in [-0.2, -0.15) is 20.5 Å². The van der Waals surface area contributed by atoms with E-state index in [0.717, 1.165) is 12.2 Å². The van der Waals surface area contributed by atoms with Gasteiger partial charge >= 0.3 is 0 Å². The molecular formula is C12H19N7O. The van der Waals surface area contributed by atoms with Crippen molar-refractivity contribution in [2.24, 2.45) is 13.0 Å². The van der Waals surface area contributed by atoms with Crippen molar-refractivity contribution in [1.82, 2.24) is 35.5 Å². The van der Waals surface area contributed by atoms with Gasteiger partial charge in [0.05, 0.1) is 11.7 Å². The second-order valence-corrected chi connectivity index (χ2v) is 5.16. The molecule has 0 bridgehead atoms. The molecule has 0 fully saturated rings. The zero-order valence-electron chi connectivity index (χ0n) is 12.1. The van der Waals surface area contributed by atoms with E-state index >= 15 is 0 Å². The summed E-state index contributed by atoms with van der Waals surface area (Å²) in [6.45, 7) is 5.92. The normalized spacial score (nSPS) is 12.7. The molecule has 0 aliphatic carbocycles. The van der Waals surface area contributed by atoms with Crippen LogP contribution in [0.4, 0.5) is 0 Å². The molecule has 8 nitrogen and oxygen atoms in total. The fraction of sp³-hybridized carbons (Fsp3) is 0.583. The number of aryl methyl sites for hydroxylation is 2. The highest BCUT2D eigenvalue weighted by molar-refractivity contribution is 5.93. The number of aromatic amines is 1. The fourth-order valence-corrected chi connectivity index (χ4v) is 2.05. The van der Waals surface area contributed by atoms with E-state index in [1.165, 1.54) is 6.33 Å². The van der Waals surface area contributed by atoms with E-state index in [-0.39, 0.29) is 11.9 Å². The Bertz CT molecular complexity index is 586. The highest BCUT2D eigenvalue weighted by Crippen LogP contribution is 2.19. The molecule has 8 heteroatoms. The second-order valence-electron chi connectivity index (χ2n) is 5.16. The molecular weight excluding hydrogens is 258 g/mol. The molecule has 108 valence electrons. The lowest BCUT2D eigenvalue weighted by molar-refractivity contribution is 0.0923. The summed E-state index contributed by atoms with van der Waals surface area (Å²) in [5.41, 5.74) is 0.879. The van der Waals surface area contributed by atoms with Crippen LogP contribution in [0.3, 0.4) is 0 Å². The maximum atomic E-state index is 12.2. The minimum absolute atomic E-state index is 0.203. The lowest BCUT2D eigenvalue weighted by Gasteiger charge is -2.19. The Morgan fingerprint density at radius 2 is 2.20 bits per heavy atom. The number of hydrogen-bond acceptors (Lipinski definition) is 5. The molecule has 2 heterocycles. The predicted molar refractivity (Wildman–Crippen MR) is 71.8 cm³/mol. The van der Waals surface area contributed by atoms with Gasteiger partial charge in [0.15, 0.2) is 5.69 Å². The molecule has 0 spiro atoms. The summed E-state index contributed by atoms with van der Waals surface area (Å²) in [4.78, 5) is 16.5. The first kappa shape index (κ1) is 14.2. The molecule has 20 heavy (non-hydrogen) atoms. The van der Waals surface area contributed by atoms with Crippen molar-refractivity contribution in [3.8, 4) is 0 Å². The number of nitrogens with one attached hydrogen (secondary N) is 2. The van der Waals surface area contributed by atoms with E-state index in [2.05, 4.69) is 44.7 Å². The molecule has 2 N–H and O–H groups in total. The maximum absolute atomic E-state index is 12.2. The molecule has 1 atom stereocenters. The van der Waals surface area contributed by atoms with Gasteiger partial charge in [0.1, 0.15) is 12.2 Å². The highest BCUT2D eigenvalue weighted by atomic mass is 16.2. The van der Waals surface area contributed by atoms with E-state index in [1.54, 1.807) is 11.6 Å². The summed E-state index contributed by atoms with van der Waals surface area (Å²) >= 11 is 0. The third-order valence-electron chi connectivity index (χ3n) is 3.01. The smallest absolute Gasteiger partial charge is 0.274 e. The van der Waals surface area contributed by atoms with Crippen LogP contribution in [0.5, 0.6) is 0 Å². The zero-order valence-corrected chi connectivity index (χ0v) is 12.1. The molecule has 2 aromatic heterocycles. The summed E-state index contributed by atoms with van der Waals surface area (Å²) in [6, 6.07) is -0.203. The number of amides is 1. The molecule has 1 amide bonds. The zero-order chi connectivity index (χ0) is 14.7. The Labute approximate surface area is 117 Å². The van der Waals surface area contributed by atoms with Crippen LogP contribution in [0, 0.1) is 12.8 Å². The van der Waals surface area contributed by atoms with E-state index < -0.39 is 0 Å². The van der Waals surface area contributed by atoms with Crippen molar-refractivity contribution in [2.45, 2.75) is 33.2 Å². The van der Waals surface area contributed by atoms with Crippen LogP contribution in [0.25, 0.3) is 0 Å². The molecule has 0 aliphatic heterocycles. The molecule has 0 saturated carbocycles. The van der Waals surface area contributed by atoms with Crippen molar-refractivity contribution in [3.63, 3.8) is 0 Å².